The highest BCUT2D eigenvalue weighted by atomic mass is 16.5. The zero-order chi connectivity index (χ0) is 18.9. The van der Waals surface area contributed by atoms with Crippen LogP contribution in [0.4, 0.5) is 4.79 Å². The second-order valence-electron chi connectivity index (χ2n) is 5.78. The minimum absolute atomic E-state index is 0.0817. The Hall–Kier alpha value is -3.10. The molecule has 1 aromatic carbocycles. The average molecular weight is 363 g/mol. The number of likely N-dealkylation sites (tertiary alicyclic amines) is 1. The Morgan fingerprint density at radius 3 is 2.54 bits per heavy atom. The molecule has 1 atom stereocenters. The number of alkyl carbamates (subject to hydrolysis) is 1. The number of carboxylic acid groups (broad SMARTS) is 1. The summed E-state index contributed by atoms with van der Waals surface area (Å²) in [6.45, 7) is -0.222. The molecule has 0 aliphatic carbocycles. The number of carboxylic acids is 1. The quantitative estimate of drug-likeness (QED) is 0.631. The van der Waals surface area contributed by atoms with Gasteiger partial charge in [-0.2, -0.15) is 0 Å². The molecule has 9 nitrogen and oxygen atoms in total. The summed E-state index contributed by atoms with van der Waals surface area (Å²) >= 11 is 0. The first-order valence-electron chi connectivity index (χ1n) is 8.21. The van der Waals surface area contributed by atoms with E-state index < -0.39 is 29.9 Å². The van der Waals surface area contributed by atoms with Gasteiger partial charge >= 0.3 is 12.1 Å². The smallest absolute Gasteiger partial charge is 0.407 e. The molecule has 1 unspecified atom stereocenters. The molecule has 26 heavy (non-hydrogen) atoms. The Bertz CT molecular complexity index is 664. The maximum atomic E-state index is 12.0. The molecular weight excluding hydrogens is 342 g/mol. The second kappa shape index (κ2) is 9.40. The number of benzene rings is 1. The number of amides is 3. The monoisotopic (exact) mass is 363 g/mol. The van der Waals surface area contributed by atoms with Crippen LogP contribution in [-0.4, -0.2) is 59.6 Å². The van der Waals surface area contributed by atoms with E-state index in [1.54, 1.807) is 12.1 Å². The minimum Gasteiger partial charge on any atom is -0.480 e. The lowest BCUT2D eigenvalue weighted by molar-refractivity contribution is -0.148. The van der Waals surface area contributed by atoms with Gasteiger partial charge in [0.1, 0.15) is 19.2 Å². The highest BCUT2D eigenvalue weighted by Crippen LogP contribution is 2.17. The molecule has 1 aliphatic rings. The van der Waals surface area contributed by atoms with E-state index in [9.17, 15) is 19.2 Å². The first kappa shape index (κ1) is 19.2. The number of carbonyl (C=O) groups excluding carboxylic acids is 3. The van der Waals surface area contributed by atoms with E-state index in [-0.39, 0.29) is 19.7 Å². The molecule has 3 N–H and O–H groups in total. The molecule has 1 aromatic rings. The Balaban J connectivity index is 1.64. The lowest BCUT2D eigenvalue weighted by Crippen LogP contribution is -2.47. The number of aliphatic carboxylic acids is 1. The molecule has 1 heterocycles. The number of rotatable bonds is 7. The van der Waals surface area contributed by atoms with Gasteiger partial charge in [-0.15, -0.1) is 0 Å². The Labute approximate surface area is 150 Å². The van der Waals surface area contributed by atoms with Crippen molar-refractivity contribution in [1.82, 2.24) is 15.5 Å². The van der Waals surface area contributed by atoms with E-state index in [4.69, 9.17) is 9.84 Å². The normalized spacial score (nSPS) is 16.0. The maximum Gasteiger partial charge on any atom is 0.407 e. The maximum absolute atomic E-state index is 12.0. The van der Waals surface area contributed by atoms with Crippen molar-refractivity contribution in [3.8, 4) is 0 Å². The molecule has 1 aliphatic heterocycles. The van der Waals surface area contributed by atoms with Crippen molar-refractivity contribution in [3.05, 3.63) is 35.9 Å². The lowest BCUT2D eigenvalue weighted by Gasteiger charge is -2.21. The van der Waals surface area contributed by atoms with Crippen LogP contribution in [0.1, 0.15) is 18.4 Å². The highest BCUT2D eigenvalue weighted by Gasteiger charge is 2.33. The van der Waals surface area contributed by atoms with Gasteiger partial charge in [0, 0.05) is 6.54 Å². The molecular formula is C17H21N3O6. The van der Waals surface area contributed by atoms with Gasteiger partial charge < -0.3 is 25.4 Å². The van der Waals surface area contributed by atoms with Crippen LogP contribution >= 0.6 is 0 Å². The summed E-state index contributed by atoms with van der Waals surface area (Å²) in [5.74, 6) is -2.08. The van der Waals surface area contributed by atoms with Gasteiger partial charge in [0.15, 0.2) is 0 Å². The third kappa shape index (κ3) is 5.76. The Morgan fingerprint density at radius 2 is 1.85 bits per heavy atom. The van der Waals surface area contributed by atoms with Crippen molar-refractivity contribution >= 4 is 23.9 Å². The molecule has 0 bridgehead atoms. The summed E-state index contributed by atoms with van der Waals surface area (Å²) in [5, 5.41) is 13.7. The van der Waals surface area contributed by atoms with Crippen LogP contribution in [-0.2, 0) is 25.7 Å². The molecule has 3 amide bonds. The van der Waals surface area contributed by atoms with Crippen molar-refractivity contribution in [3.63, 3.8) is 0 Å². The van der Waals surface area contributed by atoms with E-state index >= 15 is 0 Å². The van der Waals surface area contributed by atoms with Crippen molar-refractivity contribution < 1.29 is 29.0 Å². The highest BCUT2D eigenvalue weighted by molar-refractivity contribution is 5.89. The van der Waals surface area contributed by atoms with Crippen LogP contribution in [0.15, 0.2) is 30.3 Å². The first-order valence-corrected chi connectivity index (χ1v) is 8.21. The van der Waals surface area contributed by atoms with E-state index in [1.165, 1.54) is 4.90 Å². The lowest BCUT2D eigenvalue weighted by atomic mass is 10.2. The molecule has 9 heteroatoms. The Morgan fingerprint density at radius 1 is 1.12 bits per heavy atom. The van der Waals surface area contributed by atoms with Gasteiger partial charge in [-0.3, -0.25) is 9.59 Å². The minimum atomic E-state index is -1.05. The molecule has 0 radical (unpaired) electrons. The molecule has 1 fully saturated rings. The van der Waals surface area contributed by atoms with Crippen LogP contribution in [0.25, 0.3) is 0 Å². The second-order valence-corrected chi connectivity index (χ2v) is 5.78. The summed E-state index contributed by atoms with van der Waals surface area (Å²) < 4.78 is 4.96. The van der Waals surface area contributed by atoms with Crippen molar-refractivity contribution in [2.24, 2.45) is 0 Å². The summed E-state index contributed by atoms with van der Waals surface area (Å²) in [6, 6.07) is 8.23. The predicted octanol–water partition coefficient (Wildman–Crippen LogP) is 0.105. The van der Waals surface area contributed by atoms with Crippen LogP contribution in [0.2, 0.25) is 0 Å². The van der Waals surface area contributed by atoms with Crippen LogP contribution in [0.5, 0.6) is 0 Å². The number of hydrogen-bond acceptors (Lipinski definition) is 5. The van der Waals surface area contributed by atoms with Crippen LogP contribution in [0, 0.1) is 0 Å². The fourth-order valence-corrected chi connectivity index (χ4v) is 2.59. The summed E-state index contributed by atoms with van der Waals surface area (Å²) in [5.41, 5.74) is 0.816. The number of nitrogens with zero attached hydrogens (tertiary/aromatic N) is 1. The van der Waals surface area contributed by atoms with E-state index in [2.05, 4.69) is 10.6 Å². The third-order valence-corrected chi connectivity index (χ3v) is 3.90. The fraction of sp³-hybridized carbons (Fsp3) is 0.412. The van der Waals surface area contributed by atoms with E-state index in [1.807, 2.05) is 18.2 Å². The number of hydrogen-bond donors (Lipinski definition) is 3. The first-order chi connectivity index (χ1) is 12.5. The zero-order valence-electron chi connectivity index (χ0n) is 14.1. The fourth-order valence-electron chi connectivity index (χ4n) is 2.59. The molecule has 0 spiro atoms. The zero-order valence-corrected chi connectivity index (χ0v) is 14.1. The molecule has 0 saturated carbocycles. The number of nitrogens with one attached hydrogen (secondary N) is 2. The average Bonchev–Trinajstić information content (AvgIpc) is 3.14. The molecule has 2 rings (SSSR count). The summed E-state index contributed by atoms with van der Waals surface area (Å²) in [7, 11) is 0. The standard InChI is InChI=1S/C17H21N3O6/c21-14(9-19-17(25)26-11-12-5-2-1-3-6-12)18-10-15(22)20-8-4-7-13(20)16(23)24/h1-3,5-6,13H,4,7-11H2,(H,18,21)(H,19,25)(H,23,24). The van der Waals surface area contributed by atoms with Gasteiger partial charge in [-0.05, 0) is 18.4 Å². The largest absolute Gasteiger partial charge is 0.480 e. The molecule has 140 valence electrons. The van der Waals surface area contributed by atoms with Gasteiger partial charge in [-0.25, -0.2) is 9.59 Å². The molecule has 0 aromatic heterocycles. The Kier molecular flexibility index (Phi) is 6.95. The van der Waals surface area contributed by atoms with Crippen molar-refractivity contribution in [2.75, 3.05) is 19.6 Å². The van der Waals surface area contributed by atoms with Gasteiger partial charge in [-0.1, -0.05) is 30.3 Å². The van der Waals surface area contributed by atoms with Crippen molar-refractivity contribution in [1.29, 1.82) is 0 Å². The SMILES string of the molecule is O=C(CNC(=O)OCc1ccccc1)NCC(=O)N1CCCC1C(=O)O. The van der Waals surface area contributed by atoms with Gasteiger partial charge in [0.2, 0.25) is 11.8 Å². The summed E-state index contributed by atoms with van der Waals surface area (Å²) in [6.07, 6.45) is 0.274. The van der Waals surface area contributed by atoms with E-state index in [0.29, 0.717) is 19.4 Å². The van der Waals surface area contributed by atoms with E-state index in [0.717, 1.165) is 5.56 Å². The van der Waals surface area contributed by atoms with Crippen LogP contribution in [0.3, 0.4) is 0 Å². The summed E-state index contributed by atoms with van der Waals surface area (Å²) in [4.78, 5) is 47.5. The van der Waals surface area contributed by atoms with Crippen molar-refractivity contribution in [2.45, 2.75) is 25.5 Å². The topological polar surface area (TPSA) is 125 Å². The van der Waals surface area contributed by atoms with Gasteiger partial charge in [0.05, 0.1) is 6.54 Å². The predicted molar refractivity (Wildman–Crippen MR) is 90.0 cm³/mol. The number of carbonyl (C=O) groups is 4. The van der Waals surface area contributed by atoms with Crippen LogP contribution < -0.4 is 10.6 Å². The van der Waals surface area contributed by atoms with Gasteiger partial charge in [0.25, 0.3) is 0 Å². The molecule has 1 saturated heterocycles. The third-order valence-electron chi connectivity index (χ3n) is 3.90. The number of ether oxygens (including phenoxy) is 1.